The second-order valence-corrected chi connectivity index (χ2v) is 7.18. The van der Waals surface area contributed by atoms with Gasteiger partial charge < -0.3 is 10.1 Å². The van der Waals surface area contributed by atoms with Crippen LogP contribution >= 0.6 is 11.6 Å². The van der Waals surface area contributed by atoms with E-state index in [0.717, 1.165) is 5.56 Å². The zero-order valence-electron chi connectivity index (χ0n) is 16.5. The largest absolute Gasteiger partial charge is 0.496 e. The Morgan fingerprint density at radius 3 is 2.34 bits per heavy atom. The van der Waals surface area contributed by atoms with Crippen LogP contribution < -0.4 is 20.9 Å². The van der Waals surface area contributed by atoms with Gasteiger partial charge in [-0.15, -0.1) is 0 Å². The number of amides is 3. The van der Waals surface area contributed by atoms with Crippen molar-refractivity contribution in [2.24, 2.45) is 5.92 Å². The lowest BCUT2D eigenvalue weighted by Gasteiger charge is -2.22. The molecular weight excluding hydrogens is 394 g/mol. The molecular formula is C21H24ClN3O4. The Morgan fingerprint density at radius 2 is 1.72 bits per heavy atom. The zero-order valence-corrected chi connectivity index (χ0v) is 17.2. The molecule has 29 heavy (non-hydrogen) atoms. The first-order valence-electron chi connectivity index (χ1n) is 9.08. The second kappa shape index (κ2) is 10.5. The molecule has 2 aromatic carbocycles. The van der Waals surface area contributed by atoms with Crippen LogP contribution in [0.1, 0.15) is 29.8 Å². The molecule has 0 bridgehead atoms. The SMILES string of the molecule is COc1cc(Cl)ccc1C(=O)NNC(=O)[C@@H](NC(=O)Cc1ccccc1)C(C)C. The van der Waals surface area contributed by atoms with Gasteiger partial charge in [0.05, 0.1) is 19.1 Å². The number of hydrogen-bond acceptors (Lipinski definition) is 4. The van der Waals surface area contributed by atoms with Gasteiger partial charge >= 0.3 is 0 Å². The van der Waals surface area contributed by atoms with Crippen LogP contribution in [0.15, 0.2) is 48.5 Å². The monoisotopic (exact) mass is 417 g/mol. The minimum Gasteiger partial charge on any atom is -0.496 e. The molecule has 3 N–H and O–H groups in total. The van der Waals surface area contributed by atoms with Crippen molar-refractivity contribution in [3.8, 4) is 5.75 Å². The first kappa shape index (κ1) is 22.2. The fourth-order valence-electron chi connectivity index (χ4n) is 2.66. The zero-order chi connectivity index (χ0) is 21.4. The number of benzene rings is 2. The lowest BCUT2D eigenvalue weighted by atomic mass is 10.0. The number of nitrogens with one attached hydrogen (secondary N) is 3. The molecule has 8 heteroatoms. The van der Waals surface area contributed by atoms with Crippen LogP contribution in [0, 0.1) is 5.92 Å². The van der Waals surface area contributed by atoms with Gasteiger partial charge in [0.15, 0.2) is 0 Å². The molecule has 0 aliphatic rings. The van der Waals surface area contributed by atoms with Crippen molar-refractivity contribution < 1.29 is 19.1 Å². The Labute approximate surface area is 174 Å². The van der Waals surface area contributed by atoms with Crippen LogP contribution in [-0.2, 0) is 16.0 Å². The second-order valence-electron chi connectivity index (χ2n) is 6.74. The number of halogens is 1. The minimum atomic E-state index is -0.807. The Bertz CT molecular complexity index is 871. The molecule has 2 rings (SSSR count). The van der Waals surface area contributed by atoms with Crippen molar-refractivity contribution in [2.45, 2.75) is 26.3 Å². The van der Waals surface area contributed by atoms with Crippen molar-refractivity contribution in [3.63, 3.8) is 0 Å². The number of hydrogen-bond donors (Lipinski definition) is 3. The van der Waals surface area contributed by atoms with E-state index in [9.17, 15) is 14.4 Å². The predicted octanol–water partition coefficient (Wildman–Crippen LogP) is 2.49. The van der Waals surface area contributed by atoms with E-state index in [4.69, 9.17) is 16.3 Å². The third-order valence-electron chi connectivity index (χ3n) is 4.18. The van der Waals surface area contributed by atoms with Crippen LogP contribution in [0.4, 0.5) is 0 Å². The van der Waals surface area contributed by atoms with Crippen molar-refractivity contribution in [1.29, 1.82) is 0 Å². The third-order valence-corrected chi connectivity index (χ3v) is 4.42. The van der Waals surface area contributed by atoms with E-state index in [0.29, 0.717) is 5.02 Å². The molecule has 0 aliphatic heterocycles. The van der Waals surface area contributed by atoms with E-state index in [1.807, 2.05) is 30.3 Å². The molecule has 0 fully saturated rings. The fourth-order valence-corrected chi connectivity index (χ4v) is 2.82. The Balaban J connectivity index is 1.97. The topological polar surface area (TPSA) is 96.5 Å². The molecule has 0 aliphatic carbocycles. The molecule has 0 unspecified atom stereocenters. The quantitative estimate of drug-likeness (QED) is 0.603. The summed E-state index contributed by atoms with van der Waals surface area (Å²) in [6, 6.07) is 13.0. The van der Waals surface area contributed by atoms with Gasteiger partial charge in [-0.05, 0) is 29.7 Å². The molecule has 0 saturated carbocycles. The number of methoxy groups -OCH3 is 1. The van der Waals surface area contributed by atoms with Crippen molar-refractivity contribution in [1.82, 2.24) is 16.2 Å². The summed E-state index contributed by atoms with van der Waals surface area (Å²) >= 11 is 5.89. The minimum absolute atomic E-state index is 0.158. The highest BCUT2D eigenvalue weighted by molar-refractivity contribution is 6.30. The smallest absolute Gasteiger partial charge is 0.273 e. The number of carbonyl (C=O) groups excluding carboxylic acids is 3. The average Bonchev–Trinajstić information content (AvgIpc) is 2.70. The third kappa shape index (κ3) is 6.50. The molecule has 0 aromatic heterocycles. The van der Waals surface area contributed by atoms with Gasteiger partial charge in [-0.1, -0.05) is 55.8 Å². The molecule has 2 aromatic rings. The molecule has 154 valence electrons. The highest BCUT2D eigenvalue weighted by Crippen LogP contribution is 2.22. The van der Waals surface area contributed by atoms with Gasteiger partial charge in [-0.3, -0.25) is 25.2 Å². The van der Waals surface area contributed by atoms with Gasteiger partial charge in [-0.25, -0.2) is 0 Å². The first-order valence-corrected chi connectivity index (χ1v) is 9.46. The summed E-state index contributed by atoms with van der Waals surface area (Å²) in [5.74, 6) is -1.28. The molecule has 0 radical (unpaired) electrons. The maximum Gasteiger partial charge on any atom is 0.273 e. The summed E-state index contributed by atoms with van der Waals surface area (Å²) in [6.45, 7) is 3.61. The van der Waals surface area contributed by atoms with Gasteiger partial charge in [0.25, 0.3) is 11.8 Å². The standard InChI is InChI=1S/C21H24ClN3O4/c1-13(2)19(23-18(26)11-14-7-5-4-6-8-14)21(28)25-24-20(27)16-10-9-15(22)12-17(16)29-3/h4-10,12-13,19H,11H2,1-3H3,(H,23,26)(H,24,27)(H,25,28)/t19-/m0/s1. The average molecular weight is 418 g/mol. The van der Waals surface area contributed by atoms with E-state index >= 15 is 0 Å². The van der Waals surface area contributed by atoms with Crippen molar-refractivity contribution in [3.05, 3.63) is 64.7 Å². The van der Waals surface area contributed by atoms with Crippen LogP contribution in [0.25, 0.3) is 0 Å². The fraction of sp³-hybridized carbons (Fsp3) is 0.286. The summed E-state index contributed by atoms with van der Waals surface area (Å²) in [7, 11) is 1.41. The van der Waals surface area contributed by atoms with E-state index in [1.54, 1.807) is 19.9 Å². The van der Waals surface area contributed by atoms with E-state index < -0.39 is 17.9 Å². The summed E-state index contributed by atoms with van der Waals surface area (Å²) in [6.07, 6.45) is 0.158. The molecule has 7 nitrogen and oxygen atoms in total. The molecule has 3 amide bonds. The first-order chi connectivity index (χ1) is 13.8. The summed E-state index contributed by atoms with van der Waals surface area (Å²) in [5.41, 5.74) is 5.75. The number of hydrazine groups is 1. The Hall–Kier alpha value is -3.06. The molecule has 0 heterocycles. The predicted molar refractivity (Wildman–Crippen MR) is 111 cm³/mol. The van der Waals surface area contributed by atoms with Crippen LogP contribution in [-0.4, -0.2) is 30.9 Å². The highest BCUT2D eigenvalue weighted by Gasteiger charge is 2.25. The molecule has 0 spiro atoms. The van der Waals surface area contributed by atoms with Crippen LogP contribution in [0.3, 0.4) is 0 Å². The van der Waals surface area contributed by atoms with Gasteiger partial charge in [0.2, 0.25) is 5.91 Å². The lowest BCUT2D eigenvalue weighted by Crippen LogP contribution is -2.54. The van der Waals surface area contributed by atoms with E-state index in [2.05, 4.69) is 16.2 Å². The summed E-state index contributed by atoms with van der Waals surface area (Å²) < 4.78 is 5.13. The number of rotatable bonds is 7. The Kier molecular flexibility index (Phi) is 8.03. The van der Waals surface area contributed by atoms with Crippen molar-refractivity contribution in [2.75, 3.05) is 7.11 Å². The maximum atomic E-state index is 12.5. The molecule has 1 atom stereocenters. The van der Waals surface area contributed by atoms with Gasteiger partial charge in [-0.2, -0.15) is 0 Å². The van der Waals surface area contributed by atoms with Crippen LogP contribution in [0.2, 0.25) is 5.02 Å². The molecule has 0 saturated heterocycles. The number of carbonyl (C=O) groups is 3. The van der Waals surface area contributed by atoms with Gasteiger partial charge in [0, 0.05) is 5.02 Å². The van der Waals surface area contributed by atoms with Crippen LogP contribution in [0.5, 0.6) is 5.75 Å². The van der Waals surface area contributed by atoms with E-state index in [-0.39, 0.29) is 29.6 Å². The summed E-state index contributed by atoms with van der Waals surface area (Å²) in [4.78, 5) is 37.2. The highest BCUT2D eigenvalue weighted by atomic mass is 35.5. The summed E-state index contributed by atoms with van der Waals surface area (Å²) in [5, 5.41) is 3.13. The van der Waals surface area contributed by atoms with E-state index in [1.165, 1.54) is 19.2 Å². The number of ether oxygens (including phenoxy) is 1. The van der Waals surface area contributed by atoms with Gasteiger partial charge in [0.1, 0.15) is 11.8 Å². The van der Waals surface area contributed by atoms with Crippen molar-refractivity contribution >= 4 is 29.3 Å². The maximum absolute atomic E-state index is 12.5. The Morgan fingerprint density at radius 1 is 1.03 bits per heavy atom. The lowest BCUT2D eigenvalue weighted by molar-refractivity contribution is -0.130. The normalized spacial score (nSPS) is 11.5.